The third kappa shape index (κ3) is 15.0. The van der Waals surface area contributed by atoms with E-state index in [2.05, 4.69) is 36.7 Å². The fourth-order valence-corrected chi connectivity index (χ4v) is 8.69. The fraction of sp³-hybridized carbons (Fsp3) is 0.392. The van der Waals surface area contributed by atoms with Gasteiger partial charge in [-0.2, -0.15) is 5.10 Å². The van der Waals surface area contributed by atoms with Gasteiger partial charge in [0.1, 0.15) is 49.2 Å². The summed E-state index contributed by atoms with van der Waals surface area (Å²) in [6, 6.07) is 10.3. The van der Waals surface area contributed by atoms with Crippen molar-refractivity contribution in [2.75, 3.05) is 43.2 Å². The molecule has 76 heavy (non-hydrogen) atoms. The van der Waals surface area contributed by atoms with Crippen molar-refractivity contribution in [3.8, 4) is 0 Å². The Morgan fingerprint density at radius 2 is 1.55 bits per heavy atom. The van der Waals surface area contributed by atoms with Crippen molar-refractivity contribution in [2.45, 2.75) is 83.0 Å². The number of nitrogens with two attached hydrogens (primary N) is 2. The first-order valence-electron chi connectivity index (χ1n) is 24.5. The van der Waals surface area contributed by atoms with Crippen LogP contribution in [0.2, 0.25) is 0 Å². The van der Waals surface area contributed by atoms with Gasteiger partial charge in [-0.25, -0.2) is 23.4 Å². The molecule has 10 N–H and O–H groups in total. The van der Waals surface area contributed by atoms with E-state index in [0.717, 1.165) is 17.0 Å². The normalized spacial score (nSPS) is 15.7. The molecule has 0 bridgehead atoms. The molecule has 1 unspecified atom stereocenters. The molecule has 23 nitrogen and oxygen atoms in total. The van der Waals surface area contributed by atoms with Gasteiger partial charge in [0.05, 0.1) is 35.5 Å². The Morgan fingerprint density at radius 1 is 0.842 bits per heavy atom. The Labute approximate surface area is 436 Å². The van der Waals surface area contributed by atoms with E-state index in [-0.39, 0.29) is 105 Å². The number of primary amides is 2. The highest BCUT2D eigenvalue weighted by Crippen LogP contribution is 2.47. The second kappa shape index (κ2) is 26.6. The van der Waals surface area contributed by atoms with Crippen molar-refractivity contribution in [1.82, 2.24) is 40.9 Å². The second-order valence-corrected chi connectivity index (χ2v) is 18.3. The zero-order valence-electron chi connectivity index (χ0n) is 42.1. The van der Waals surface area contributed by atoms with Crippen molar-refractivity contribution < 1.29 is 56.6 Å². The summed E-state index contributed by atoms with van der Waals surface area (Å²) in [6.45, 7) is 3.29. The molecule has 0 saturated carbocycles. The summed E-state index contributed by atoms with van der Waals surface area (Å²) < 4.78 is 42.2. The number of alkyl carbamates (subject to hydrolysis) is 1. The van der Waals surface area contributed by atoms with Crippen LogP contribution >= 0.6 is 0 Å². The number of aromatic nitrogens is 3. The van der Waals surface area contributed by atoms with Crippen LogP contribution in [0.25, 0.3) is 0 Å². The number of nitrogens with one attached hydrogen (secondary N) is 6. The lowest BCUT2D eigenvalue weighted by Crippen LogP contribution is -2.54. The number of urea groups is 1. The lowest BCUT2D eigenvalue weighted by molar-refractivity contribution is -0.137. The number of imide groups is 1. The van der Waals surface area contributed by atoms with Gasteiger partial charge in [-0.05, 0) is 79.1 Å². The number of fused-ring (bicyclic) bond motifs is 1. The Balaban J connectivity index is 1.00. The Bertz CT molecular complexity index is 2810. The highest BCUT2D eigenvalue weighted by atomic mass is 19.1. The lowest BCUT2D eigenvalue weighted by atomic mass is 9.78. The first kappa shape index (κ1) is 56.7. The zero-order chi connectivity index (χ0) is 55.1. The third-order valence-electron chi connectivity index (χ3n) is 12.5. The fourth-order valence-electron chi connectivity index (χ4n) is 8.69. The summed E-state index contributed by atoms with van der Waals surface area (Å²) in [5.41, 5.74) is 12.2. The number of carbonyl (C=O) groups excluding carboxylic acids is 8. The number of amides is 9. The molecule has 0 aliphatic carbocycles. The number of hydrogen-bond acceptors (Lipinski definition) is 14. The number of anilines is 2. The zero-order valence-corrected chi connectivity index (χ0v) is 42.1. The molecule has 0 spiro atoms. The van der Waals surface area contributed by atoms with Gasteiger partial charge in [0.2, 0.25) is 23.6 Å². The SMILES string of the molecule is CC(C)[C@H](NC(=O)CCCCCN1C(=O)C=CC1=O)C(=O)N[C@@H](CCCNC(N)=O)C(=O)Nc1ccc(COC(=O)NCCOCN2c3cc(F)cc(C(N)=O)c3C(=N)C(c3ncnn3C)[C@H]2c2ccc(F)cc2)cc1. The van der Waals surface area contributed by atoms with Crippen LogP contribution in [0.1, 0.15) is 97.2 Å². The quantitative estimate of drug-likeness (QED) is 0.0331. The van der Waals surface area contributed by atoms with Crippen LogP contribution in [0.15, 0.2) is 79.1 Å². The smallest absolute Gasteiger partial charge is 0.407 e. The monoisotopic (exact) mass is 1050 g/mol. The molecular weight excluding hydrogens is 993 g/mol. The third-order valence-corrected chi connectivity index (χ3v) is 12.5. The minimum atomic E-state index is -1.10. The van der Waals surface area contributed by atoms with Crippen LogP contribution in [-0.4, -0.2) is 118 Å². The van der Waals surface area contributed by atoms with E-state index in [1.54, 1.807) is 50.1 Å². The van der Waals surface area contributed by atoms with Gasteiger partial charge < -0.3 is 57.8 Å². The van der Waals surface area contributed by atoms with Crippen LogP contribution < -0.4 is 43.0 Å². The number of halogens is 2. The maximum atomic E-state index is 15.2. The molecule has 404 valence electrons. The van der Waals surface area contributed by atoms with Crippen LogP contribution in [0.3, 0.4) is 0 Å². The van der Waals surface area contributed by atoms with Crippen molar-refractivity contribution >= 4 is 64.7 Å². The number of benzene rings is 3. The molecule has 3 heterocycles. The maximum absolute atomic E-state index is 15.2. The summed E-state index contributed by atoms with van der Waals surface area (Å²) in [5.74, 6) is -5.54. The number of carbonyl (C=O) groups is 8. The molecule has 4 atom stereocenters. The van der Waals surface area contributed by atoms with E-state index in [4.69, 9.17) is 20.9 Å². The Morgan fingerprint density at radius 3 is 2.20 bits per heavy atom. The minimum absolute atomic E-state index is 0.0440. The number of hydrogen-bond donors (Lipinski definition) is 8. The van der Waals surface area contributed by atoms with E-state index in [9.17, 15) is 48.2 Å². The number of aryl methyl sites for hydroxylation is 1. The number of ether oxygens (including phenoxy) is 2. The van der Waals surface area contributed by atoms with E-state index < -0.39 is 65.5 Å². The summed E-state index contributed by atoms with van der Waals surface area (Å²) >= 11 is 0. The molecular formula is C51H61F2N13O10. The molecule has 0 saturated heterocycles. The molecule has 9 amide bonds. The van der Waals surface area contributed by atoms with Gasteiger partial charge in [0.15, 0.2) is 0 Å². The topological polar surface area (TPSA) is 328 Å². The molecule has 0 radical (unpaired) electrons. The van der Waals surface area contributed by atoms with Gasteiger partial charge in [-0.1, -0.05) is 44.5 Å². The number of unbranched alkanes of at least 4 members (excludes halogenated alkanes) is 2. The summed E-state index contributed by atoms with van der Waals surface area (Å²) in [5, 5.41) is 26.8. The van der Waals surface area contributed by atoms with E-state index in [1.165, 1.54) is 47.4 Å². The molecule has 6 rings (SSSR count). The molecule has 25 heteroatoms. The molecule has 2 aliphatic rings. The standard InChI is InChI=1S/C51H61F2N13O10/c1-29(2)44(63-38(67)9-5-4-6-22-65-39(68)18-19-40(65)69)49(72)62-36(8-7-20-57-50(56)73)48(71)61-34-16-10-30(11-17-34)26-76-51(74)58-21-23-75-28-66-37-25-33(53)24-35(46(55)70)41(37)43(54)42(47-59-27-60-64(47)3)45(66)31-12-14-32(52)15-13-31/h10-19,24-25,27,29,36,42,44-45,54H,4-9,20-23,26,28H2,1-3H3,(H2,55,70)(H,58,74)(H,61,71)(H,62,72)(H,63,67)(H3,56,57,73)/t36-,42?,44-,45+/m0/s1. The summed E-state index contributed by atoms with van der Waals surface area (Å²) in [4.78, 5) is 107. The summed E-state index contributed by atoms with van der Waals surface area (Å²) in [6.07, 6.45) is 4.89. The lowest BCUT2D eigenvalue weighted by Gasteiger charge is -2.44. The number of rotatable bonds is 26. The van der Waals surface area contributed by atoms with Gasteiger partial charge >= 0.3 is 12.1 Å². The van der Waals surface area contributed by atoms with Crippen molar-refractivity contribution in [2.24, 2.45) is 24.4 Å². The minimum Gasteiger partial charge on any atom is -0.445 e. The largest absolute Gasteiger partial charge is 0.445 e. The first-order chi connectivity index (χ1) is 36.3. The van der Waals surface area contributed by atoms with E-state index in [1.807, 2.05) is 0 Å². The molecule has 0 fully saturated rings. The molecule has 4 aromatic rings. The van der Waals surface area contributed by atoms with Crippen LogP contribution in [0.5, 0.6) is 0 Å². The Kier molecular flexibility index (Phi) is 19.8. The predicted octanol–water partition coefficient (Wildman–Crippen LogP) is 3.30. The highest BCUT2D eigenvalue weighted by Gasteiger charge is 2.44. The maximum Gasteiger partial charge on any atom is 0.407 e. The molecule has 3 aromatic carbocycles. The Hall–Kier alpha value is -8.61. The van der Waals surface area contributed by atoms with Crippen LogP contribution in [0.4, 0.5) is 29.7 Å². The molecule has 2 aliphatic heterocycles. The first-order valence-corrected chi connectivity index (χ1v) is 24.5. The van der Waals surface area contributed by atoms with Crippen molar-refractivity contribution in [3.05, 3.63) is 119 Å². The number of nitrogens with zero attached hydrogens (tertiary/aromatic N) is 5. The predicted molar refractivity (Wildman–Crippen MR) is 271 cm³/mol. The van der Waals surface area contributed by atoms with Crippen molar-refractivity contribution in [1.29, 1.82) is 5.41 Å². The second-order valence-electron chi connectivity index (χ2n) is 18.3. The van der Waals surface area contributed by atoms with Crippen LogP contribution in [0, 0.1) is 23.0 Å². The van der Waals surface area contributed by atoms with Crippen molar-refractivity contribution in [3.63, 3.8) is 0 Å². The van der Waals surface area contributed by atoms with Gasteiger partial charge in [0.25, 0.3) is 11.8 Å². The summed E-state index contributed by atoms with van der Waals surface area (Å²) in [7, 11) is 1.63. The van der Waals surface area contributed by atoms with Gasteiger partial charge in [0, 0.05) is 56.5 Å². The highest BCUT2D eigenvalue weighted by molar-refractivity contribution is 6.16. The van der Waals surface area contributed by atoms with E-state index >= 15 is 4.39 Å². The van der Waals surface area contributed by atoms with Crippen LogP contribution in [-0.2, 0) is 47.1 Å². The average molecular weight is 1050 g/mol. The molecule has 1 aromatic heterocycles. The van der Waals surface area contributed by atoms with Gasteiger partial charge in [-0.15, -0.1) is 0 Å². The van der Waals surface area contributed by atoms with Gasteiger partial charge in [-0.3, -0.25) is 38.3 Å². The van der Waals surface area contributed by atoms with E-state index in [0.29, 0.717) is 41.9 Å². The average Bonchev–Trinajstić information content (AvgIpc) is 3.95.